The lowest BCUT2D eigenvalue weighted by atomic mass is 10.1. The minimum atomic E-state index is -3.29. The van der Waals surface area contributed by atoms with Gasteiger partial charge >= 0.3 is 8.56 Å². The molecule has 0 amide bonds. The first kappa shape index (κ1) is 25.1. The average molecular weight is 485 g/mol. The van der Waals surface area contributed by atoms with Gasteiger partial charge in [0.25, 0.3) is 0 Å². The normalized spacial score (nSPS) is 12.4. The molecule has 0 bridgehead atoms. The molecule has 4 aromatic rings. The number of H-pyrrole nitrogens is 1. The lowest BCUT2D eigenvalue weighted by molar-refractivity contribution is 0.272. The summed E-state index contributed by atoms with van der Waals surface area (Å²) in [5.41, 5.74) is 7.62. The lowest BCUT2D eigenvalue weighted by Crippen LogP contribution is -2.35. The Morgan fingerprint density at radius 2 is 1.51 bits per heavy atom. The van der Waals surface area contributed by atoms with Gasteiger partial charge in [-0.3, -0.25) is 4.90 Å². The Hall–Kier alpha value is -2.96. The highest BCUT2D eigenvalue weighted by molar-refractivity contribution is 6.72. The van der Waals surface area contributed by atoms with Gasteiger partial charge in [0.15, 0.2) is 0 Å². The van der Waals surface area contributed by atoms with Crippen molar-refractivity contribution in [2.24, 2.45) is 0 Å². The molecule has 0 radical (unpaired) electrons. The number of hydrogen-bond acceptors (Lipinski definition) is 3. The number of benzene rings is 3. The first-order valence-corrected chi connectivity index (χ1v) is 14.5. The highest BCUT2D eigenvalue weighted by Gasteiger charge is 2.29. The highest BCUT2D eigenvalue weighted by Crippen LogP contribution is 2.20. The van der Waals surface area contributed by atoms with Crippen LogP contribution < -0.4 is 0 Å². The molecule has 0 aliphatic rings. The Balaban J connectivity index is 1.43. The Kier molecular flexibility index (Phi) is 8.36. The Morgan fingerprint density at radius 1 is 0.829 bits per heavy atom. The van der Waals surface area contributed by atoms with E-state index < -0.39 is 8.56 Å². The van der Waals surface area contributed by atoms with Crippen molar-refractivity contribution < 1.29 is 9.59 Å². The van der Waals surface area contributed by atoms with Crippen molar-refractivity contribution in [1.29, 1.82) is 0 Å². The van der Waals surface area contributed by atoms with Crippen molar-refractivity contribution >= 4 is 25.5 Å². The maximum Gasteiger partial charge on any atom is 0.362 e. The van der Waals surface area contributed by atoms with Gasteiger partial charge in [0.2, 0.25) is 0 Å². The molecule has 4 nitrogen and oxygen atoms in total. The number of aromatic nitrogens is 1. The smallest absolute Gasteiger partial charge is 0.362 e. The number of rotatable bonds is 11. The quantitative estimate of drug-likeness (QED) is 0.234. The molecular weight excluding hydrogens is 448 g/mol. The molecule has 1 heterocycles. The van der Waals surface area contributed by atoms with Crippen LogP contribution in [0.5, 0.6) is 0 Å². The van der Waals surface area contributed by atoms with Crippen LogP contribution in [0.15, 0.2) is 90.8 Å². The van der Waals surface area contributed by atoms with Gasteiger partial charge in [-0.2, -0.15) is 0 Å². The van der Waals surface area contributed by atoms with Crippen molar-refractivity contribution in [3.05, 3.63) is 113 Å². The van der Waals surface area contributed by atoms with Gasteiger partial charge in [0.05, 0.1) is 0 Å². The molecule has 0 atom stereocenters. The Labute approximate surface area is 209 Å². The van der Waals surface area contributed by atoms with Gasteiger partial charge in [-0.25, -0.2) is 0 Å². The molecule has 0 unspecified atom stereocenters. The molecule has 4 rings (SSSR count). The summed E-state index contributed by atoms with van der Waals surface area (Å²) in [6, 6.07) is 27.6. The fourth-order valence-corrected chi connectivity index (χ4v) is 5.05. The molecule has 0 saturated heterocycles. The summed E-state index contributed by atoms with van der Waals surface area (Å²) in [6.45, 7) is 6.54. The van der Waals surface area contributed by atoms with E-state index in [1.54, 1.807) is 5.70 Å². The van der Waals surface area contributed by atoms with E-state index in [2.05, 4.69) is 94.9 Å². The number of para-hydroxylation sites is 1. The molecule has 3 aromatic carbocycles. The number of hydrogen-bond donors (Lipinski definition) is 3. The van der Waals surface area contributed by atoms with Crippen molar-refractivity contribution in [1.82, 2.24) is 9.88 Å². The van der Waals surface area contributed by atoms with E-state index >= 15 is 0 Å². The summed E-state index contributed by atoms with van der Waals surface area (Å²) >= 11 is 0. The summed E-state index contributed by atoms with van der Waals surface area (Å²) in [6.07, 6.45) is 5.99. The fourth-order valence-electron chi connectivity index (χ4n) is 4.22. The molecule has 35 heavy (non-hydrogen) atoms. The number of fused-ring (bicyclic) bond motifs is 1. The van der Waals surface area contributed by atoms with Gasteiger partial charge in [-0.15, -0.1) is 0 Å². The SMILES string of the molecule is CC(C)[Si](O)(O)C=Cc1ccc(CN(CCc2ccccc2)CCc2c[nH]c3ccccc23)cc1. The van der Waals surface area contributed by atoms with Crippen LogP contribution in [0.3, 0.4) is 0 Å². The van der Waals surface area contributed by atoms with Gasteiger partial charge in [0, 0.05) is 42.3 Å². The Morgan fingerprint density at radius 3 is 2.26 bits per heavy atom. The van der Waals surface area contributed by atoms with Crippen LogP contribution in [-0.2, 0) is 19.4 Å². The number of nitrogens with one attached hydrogen (secondary N) is 1. The van der Waals surface area contributed by atoms with E-state index in [4.69, 9.17) is 0 Å². The summed E-state index contributed by atoms with van der Waals surface area (Å²) in [5, 5.41) is 1.31. The van der Waals surface area contributed by atoms with Crippen LogP contribution in [0, 0.1) is 0 Å². The van der Waals surface area contributed by atoms with Crippen LogP contribution in [0.1, 0.15) is 36.1 Å². The van der Waals surface area contributed by atoms with Crippen LogP contribution in [0.2, 0.25) is 5.54 Å². The summed E-state index contributed by atoms with van der Waals surface area (Å²) in [4.78, 5) is 26.3. The highest BCUT2D eigenvalue weighted by atomic mass is 28.4. The summed E-state index contributed by atoms with van der Waals surface area (Å²) in [5.74, 6) is 0. The predicted molar refractivity (Wildman–Crippen MR) is 148 cm³/mol. The van der Waals surface area contributed by atoms with Gasteiger partial charge in [-0.1, -0.05) is 92.7 Å². The van der Waals surface area contributed by atoms with Gasteiger partial charge in [-0.05, 0) is 46.9 Å². The van der Waals surface area contributed by atoms with E-state index in [0.29, 0.717) is 0 Å². The number of aromatic amines is 1. The van der Waals surface area contributed by atoms with Crippen molar-refractivity contribution in [2.75, 3.05) is 13.1 Å². The average Bonchev–Trinajstić information content (AvgIpc) is 3.29. The molecule has 1 aromatic heterocycles. The van der Waals surface area contributed by atoms with E-state index in [1.165, 1.54) is 27.6 Å². The van der Waals surface area contributed by atoms with Gasteiger partial charge < -0.3 is 14.6 Å². The zero-order valence-corrected chi connectivity index (χ0v) is 21.7. The molecule has 0 aliphatic carbocycles. The van der Waals surface area contributed by atoms with Crippen LogP contribution in [-0.4, -0.2) is 41.1 Å². The van der Waals surface area contributed by atoms with Crippen molar-refractivity contribution in [3.63, 3.8) is 0 Å². The van der Waals surface area contributed by atoms with Crippen molar-refractivity contribution in [3.8, 4) is 0 Å². The monoisotopic (exact) mass is 484 g/mol. The third-order valence-electron chi connectivity index (χ3n) is 6.69. The molecule has 0 spiro atoms. The summed E-state index contributed by atoms with van der Waals surface area (Å²) in [7, 11) is -3.29. The first-order valence-electron chi connectivity index (χ1n) is 12.4. The maximum atomic E-state index is 10.2. The molecule has 5 heteroatoms. The molecular formula is C30H36N2O2Si. The predicted octanol–water partition coefficient (Wildman–Crippen LogP) is 5.84. The fraction of sp³-hybridized carbons (Fsp3) is 0.267. The van der Waals surface area contributed by atoms with Crippen LogP contribution >= 0.6 is 0 Å². The molecule has 0 aliphatic heterocycles. The molecule has 182 valence electrons. The second kappa shape index (κ2) is 11.6. The van der Waals surface area contributed by atoms with Crippen molar-refractivity contribution in [2.45, 2.75) is 38.8 Å². The Bertz CT molecular complexity index is 1230. The zero-order chi connectivity index (χ0) is 24.7. The molecule has 0 saturated carbocycles. The number of nitrogens with zero attached hydrogens (tertiary/aromatic N) is 1. The third-order valence-corrected chi connectivity index (χ3v) is 9.05. The van der Waals surface area contributed by atoms with Crippen LogP contribution in [0.4, 0.5) is 0 Å². The lowest BCUT2D eigenvalue weighted by Gasteiger charge is -2.23. The first-order chi connectivity index (χ1) is 16.9. The standard InChI is InChI=1S/C30H36N2O2Si/c1-24(2)35(33,34)21-18-26-12-14-27(15-13-26)23-32(19-16-25-8-4-3-5-9-25)20-17-28-22-31-30-11-7-6-10-29(28)30/h3-15,18,21-22,24,31,33-34H,16-17,19-20,23H2,1-2H3. The summed E-state index contributed by atoms with van der Waals surface area (Å²) < 4.78 is 0. The minimum Gasteiger partial charge on any atom is -0.408 e. The van der Waals surface area contributed by atoms with E-state index in [9.17, 15) is 9.59 Å². The zero-order valence-electron chi connectivity index (χ0n) is 20.7. The minimum absolute atomic E-state index is 0.131. The second-order valence-electron chi connectivity index (χ2n) is 9.63. The van der Waals surface area contributed by atoms with Crippen LogP contribution in [0.25, 0.3) is 17.0 Å². The third kappa shape index (κ3) is 7.02. The van der Waals surface area contributed by atoms with Gasteiger partial charge in [0.1, 0.15) is 0 Å². The molecule has 3 N–H and O–H groups in total. The topological polar surface area (TPSA) is 59.5 Å². The van der Waals surface area contributed by atoms with E-state index in [-0.39, 0.29) is 5.54 Å². The van der Waals surface area contributed by atoms with E-state index in [0.717, 1.165) is 38.0 Å². The largest absolute Gasteiger partial charge is 0.408 e. The second-order valence-corrected chi connectivity index (χ2v) is 12.7. The van der Waals surface area contributed by atoms with E-state index in [1.807, 2.05) is 19.9 Å². The maximum absolute atomic E-state index is 10.2. The molecule has 0 fully saturated rings.